The number of imidazole rings is 1. The lowest BCUT2D eigenvalue weighted by Gasteiger charge is -2.31. The Morgan fingerprint density at radius 2 is 1.72 bits per heavy atom. The molecular weight excluding hydrogens is 540 g/mol. The van der Waals surface area contributed by atoms with E-state index >= 15 is 0 Å². The lowest BCUT2D eigenvalue weighted by molar-refractivity contribution is -0.188. The van der Waals surface area contributed by atoms with Crippen LogP contribution in [0.2, 0.25) is 0 Å². The van der Waals surface area contributed by atoms with Gasteiger partial charge in [0.1, 0.15) is 17.6 Å². The number of rotatable bonds is 9. The fourth-order valence-corrected chi connectivity index (χ4v) is 5.76. The highest BCUT2D eigenvalue weighted by molar-refractivity contribution is 5.59. The molecule has 0 radical (unpaired) electrons. The molecule has 1 N–H and O–H groups in total. The van der Waals surface area contributed by atoms with Crippen molar-refractivity contribution in [1.82, 2.24) is 19.6 Å². The van der Waals surface area contributed by atoms with Crippen LogP contribution in [-0.4, -0.2) is 57.3 Å². The first kappa shape index (κ1) is 29.3. The van der Waals surface area contributed by atoms with E-state index in [1.807, 2.05) is 48.0 Å². The molecule has 2 unspecified atom stereocenters. The van der Waals surface area contributed by atoms with Gasteiger partial charge in [-0.15, -0.1) is 0 Å². The predicted molar refractivity (Wildman–Crippen MR) is 164 cm³/mol. The van der Waals surface area contributed by atoms with Gasteiger partial charge < -0.3 is 23.7 Å². The van der Waals surface area contributed by atoms with E-state index in [2.05, 4.69) is 51.1 Å². The van der Waals surface area contributed by atoms with E-state index in [9.17, 15) is 5.11 Å². The molecule has 2 atom stereocenters. The van der Waals surface area contributed by atoms with Crippen LogP contribution >= 0.6 is 0 Å². The van der Waals surface area contributed by atoms with Crippen LogP contribution in [0.25, 0.3) is 11.3 Å². The number of piperidine rings is 1. The quantitative estimate of drug-likeness (QED) is 0.251. The minimum atomic E-state index is -0.183. The van der Waals surface area contributed by atoms with Crippen LogP contribution in [0, 0.1) is 17.8 Å². The molecule has 2 aromatic heterocycles. The zero-order chi connectivity index (χ0) is 29.4. The molecule has 0 spiro atoms. The molecule has 4 heterocycles. The van der Waals surface area contributed by atoms with Gasteiger partial charge in [-0.05, 0) is 100.0 Å². The van der Waals surface area contributed by atoms with Gasteiger partial charge in [0, 0.05) is 54.9 Å². The smallest absolute Gasteiger partial charge is 0.167 e. The molecule has 224 valence electrons. The van der Waals surface area contributed by atoms with Crippen molar-refractivity contribution in [2.75, 3.05) is 26.3 Å². The average Bonchev–Trinajstić information content (AvgIpc) is 3.72. The largest absolute Gasteiger partial charge is 0.396 e. The maximum atomic E-state index is 9.35. The third kappa shape index (κ3) is 7.81. The molecule has 6 rings (SSSR count). The van der Waals surface area contributed by atoms with Gasteiger partial charge in [-0.25, -0.2) is 4.98 Å². The second-order valence-corrected chi connectivity index (χ2v) is 11.6. The first-order chi connectivity index (χ1) is 21.1. The summed E-state index contributed by atoms with van der Waals surface area (Å²) in [7, 11) is 0. The molecule has 4 aromatic rings. The lowest BCUT2D eigenvalue weighted by atomic mass is 9.97. The summed E-state index contributed by atoms with van der Waals surface area (Å²) in [4.78, 5) is 6.99. The summed E-state index contributed by atoms with van der Waals surface area (Å²) in [5.74, 6) is 8.58. The second-order valence-electron chi connectivity index (χ2n) is 11.6. The normalized spacial score (nSPS) is 18.7. The maximum absolute atomic E-state index is 9.35. The van der Waals surface area contributed by atoms with Crippen molar-refractivity contribution in [2.45, 2.75) is 64.5 Å². The Morgan fingerprint density at radius 3 is 2.42 bits per heavy atom. The molecule has 0 saturated carbocycles. The van der Waals surface area contributed by atoms with E-state index in [1.54, 1.807) is 6.20 Å². The Kier molecular flexibility index (Phi) is 9.66. The summed E-state index contributed by atoms with van der Waals surface area (Å²) in [5, 5.41) is 13.7. The molecule has 0 amide bonds. The van der Waals surface area contributed by atoms with E-state index in [4.69, 9.17) is 14.0 Å². The first-order valence-corrected chi connectivity index (χ1v) is 15.4. The molecule has 2 saturated heterocycles. The molecule has 2 aliphatic rings. The van der Waals surface area contributed by atoms with Crippen LogP contribution in [0.4, 0.5) is 0 Å². The summed E-state index contributed by atoms with van der Waals surface area (Å²) < 4.78 is 19.6. The number of ether oxygens (including phenoxy) is 2. The minimum Gasteiger partial charge on any atom is -0.396 e. The third-order valence-electron chi connectivity index (χ3n) is 8.34. The lowest BCUT2D eigenvalue weighted by Crippen LogP contribution is -2.34. The number of aromatic nitrogens is 3. The van der Waals surface area contributed by atoms with E-state index in [0.717, 1.165) is 86.6 Å². The number of benzene rings is 2. The maximum Gasteiger partial charge on any atom is 0.167 e. The van der Waals surface area contributed by atoms with Crippen molar-refractivity contribution in [3.63, 3.8) is 0 Å². The van der Waals surface area contributed by atoms with Crippen molar-refractivity contribution in [1.29, 1.82) is 0 Å². The first-order valence-electron chi connectivity index (χ1n) is 15.4. The number of likely N-dealkylation sites (tertiary alicyclic amines) is 1. The van der Waals surface area contributed by atoms with Crippen LogP contribution in [0.1, 0.15) is 73.3 Å². The Labute approximate surface area is 253 Å². The van der Waals surface area contributed by atoms with Gasteiger partial charge in [0.15, 0.2) is 12.1 Å². The van der Waals surface area contributed by atoms with Crippen LogP contribution < -0.4 is 0 Å². The fraction of sp³-hybridized carbons (Fsp3) is 0.429. The molecular formula is C35H40N4O4. The van der Waals surface area contributed by atoms with Gasteiger partial charge in [-0.1, -0.05) is 29.1 Å². The zero-order valence-electron chi connectivity index (χ0n) is 24.8. The highest BCUT2D eigenvalue weighted by Gasteiger charge is 2.22. The predicted octanol–water partition coefficient (Wildman–Crippen LogP) is 5.79. The zero-order valence-corrected chi connectivity index (χ0v) is 24.8. The molecule has 2 fully saturated rings. The Balaban J connectivity index is 1.03. The molecule has 8 heteroatoms. The minimum absolute atomic E-state index is 0.169. The number of aliphatic hydroxyl groups excluding tert-OH is 1. The van der Waals surface area contributed by atoms with Crippen molar-refractivity contribution in [3.05, 3.63) is 95.2 Å². The third-order valence-corrected chi connectivity index (χ3v) is 8.34. The highest BCUT2D eigenvalue weighted by atomic mass is 16.7. The molecule has 2 aliphatic heterocycles. The van der Waals surface area contributed by atoms with Gasteiger partial charge in [0.25, 0.3) is 0 Å². The van der Waals surface area contributed by atoms with E-state index in [1.165, 1.54) is 5.56 Å². The number of nitrogens with zero attached hydrogens (tertiary/aromatic N) is 4. The standard InChI is InChI=1S/C35H40N4O4/c1-26(42-34-4-2-3-21-41-34)35-36-17-20-39(35)24-32-22-33(43-37-32)31-13-11-28(12-14-31)6-5-27-7-9-29(10-8-27)23-38-18-15-30(25-40)16-19-38/h7-14,17,20,22,26,30,34,40H,2-4,15-16,18-19,21,23-25H2,1H3. The Hall–Kier alpha value is -3.74. The van der Waals surface area contributed by atoms with Gasteiger partial charge >= 0.3 is 0 Å². The summed E-state index contributed by atoms with van der Waals surface area (Å²) in [6, 6.07) is 18.5. The average molecular weight is 581 g/mol. The summed E-state index contributed by atoms with van der Waals surface area (Å²) in [5.41, 5.74) is 5.01. The van der Waals surface area contributed by atoms with Gasteiger partial charge in [-0.3, -0.25) is 4.90 Å². The molecule has 2 aromatic carbocycles. The molecule has 43 heavy (non-hydrogen) atoms. The van der Waals surface area contributed by atoms with Crippen LogP contribution in [-0.2, 0) is 22.6 Å². The highest BCUT2D eigenvalue weighted by Crippen LogP contribution is 2.25. The molecule has 0 bridgehead atoms. The SMILES string of the molecule is CC(OC1CCCCO1)c1nccn1Cc1cc(-c2ccc(C#Cc3ccc(CN4CCC(CO)CC4)cc3)cc2)on1. The Morgan fingerprint density at radius 1 is 0.977 bits per heavy atom. The number of hydrogen-bond donors (Lipinski definition) is 1. The van der Waals surface area contributed by atoms with Crippen LogP contribution in [0.3, 0.4) is 0 Å². The number of hydrogen-bond acceptors (Lipinski definition) is 7. The van der Waals surface area contributed by atoms with Crippen molar-refractivity contribution >= 4 is 0 Å². The molecule has 0 aliphatic carbocycles. The van der Waals surface area contributed by atoms with Gasteiger partial charge in [-0.2, -0.15) is 0 Å². The van der Waals surface area contributed by atoms with Crippen molar-refractivity contribution in [2.24, 2.45) is 5.92 Å². The summed E-state index contributed by atoms with van der Waals surface area (Å²) in [6.07, 6.45) is 8.67. The fourth-order valence-electron chi connectivity index (χ4n) is 5.76. The van der Waals surface area contributed by atoms with E-state index in [0.29, 0.717) is 24.8 Å². The van der Waals surface area contributed by atoms with Gasteiger partial charge in [0.05, 0.1) is 6.54 Å². The summed E-state index contributed by atoms with van der Waals surface area (Å²) >= 11 is 0. The van der Waals surface area contributed by atoms with Crippen LogP contribution in [0.5, 0.6) is 0 Å². The van der Waals surface area contributed by atoms with E-state index < -0.39 is 0 Å². The van der Waals surface area contributed by atoms with Gasteiger partial charge in [0.2, 0.25) is 0 Å². The van der Waals surface area contributed by atoms with Crippen LogP contribution in [0.15, 0.2) is 71.5 Å². The topological polar surface area (TPSA) is 85.8 Å². The monoisotopic (exact) mass is 580 g/mol. The van der Waals surface area contributed by atoms with Crippen molar-refractivity contribution < 1.29 is 19.1 Å². The Bertz CT molecular complexity index is 1500. The van der Waals surface area contributed by atoms with Crippen molar-refractivity contribution in [3.8, 4) is 23.2 Å². The summed E-state index contributed by atoms with van der Waals surface area (Å²) in [6.45, 7) is 6.67. The second kappa shape index (κ2) is 14.2. The number of aliphatic hydroxyl groups is 1. The molecule has 8 nitrogen and oxygen atoms in total. The van der Waals surface area contributed by atoms with E-state index in [-0.39, 0.29) is 12.4 Å².